The molecular formula is C21H20BrN3O4S. The molecule has 2 amide bonds. The number of nitrogens with zero attached hydrogens (tertiary/aromatic N) is 1. The van der Waals surface area contributed by atoms with Crippen molar-refractivity contribution in [1.82, 2.24) is 4.90 Å². The average Bonchev–Trinajstić information content (AvgIpc) is 3.25. The third kappa shape index (κ3) is 4.20. The molecule has 0 bridgehead atoms. The van der Waals surface area contributed by atoms with Crippen LogP contribution in [0.1, 0.15) is 32.7 Å². The van der Waals surface area contributed by atoms with Gasteiger partial charge in [-0.2, -0.15) is 0 Å². The first-order chi connectivity index (χ1) is 14.3. The highest BCUT2D eigenvalue weighted by molar-refractivity contribution is 9.10. The lowest BCUT2D eigenvalue weighted by Crippen LogP contribution is -2.21. The number of fused-ring (bicyclic) bond motifs is 1. The van der Waals surface area contributed by atoms with Gasteiger partial charge in [0.2, 0.25) is 0 Å². The fourth-order valence-corrected chi connectivity index (χ4v) is 5.05. The van der Waals surface area contributed by atoms with Gasteiger partial charge in [-0.3, -0.25) is 14.5 Å². The molecule has 1 aliphatic heterocycles. The molecule has 7 nitrogen and oxygen atoms in total. The number of carbonyl (C=O) groups excluding carboxylic acids is 2. The first-order valence-electron chi connectivity index (χ1n) is 9.37. The maximum absolute atomic E-state index is 12.7. The van der Waals surface area contributed by atoms with Crippen LogP contribution >= 0.6 is 27.3 Å². The molecule has 0 unspecified atom stereocenters. The number of phenolic OH excluding ortho intramolecular Hbond substituents is 1. The highest BCUT2D eigenvalue weighted by Crippen LogP contribution is 2.40. The third-order valence-electron chi connectivity index (χ3n) is 5.10. The number of halogens is 1. The molecule has 30 heavy (non-hydrogen) atoms. The molecule has 2 aromatic carbocycles. The monoisotopic (exact) mass is 489 g/mol. The molecule has 4 rings (SSSR count). The van der Waals surface area contributed by atoms with Crippen LogP contribution in [0.5, 0.6) is 5.75 Å². The molecule has 1 aliphatic rings. The Morgan fingerprint density at radius 3 is 2.63 bits per heavy atom. The number of β-amino-alcohol motifs (C(OH)–C–C–N with tert-alkyl or cyclic N) is 1. The highest BCUT2D eigenvalue weighted by Gasteiger charge is 2.22. The SMILES string of the molecule is NC(=O)c1c(NC(=O)c2ccc(CN3CC[C@H](O)C3)cc2)sc2cc(O)c(Br)cc12. The van der Waals surface area contributed by atoms with Crippen molar-refractivity contribution in [2.75, 3.05) is 18.4 Å². The summed E-state index contributed by atoms with van der Waals surface area (Å²) >= 11 is 4.41. The van der Waals surface area contributed by atoms with Crippen molar-refractivity contribution in [3.05, 3.63) is 57.6 Å². The van der Waals surface area contributed by atoms with E-state index in [1.54, 1.807) is 18.2 Å². The van der Waals surface area contributed by atoms with Crippen LogP contribution in [0.2, 0.25) is 0 Å². The van der Waals surface area contributed by atoms with Crippen molar-refractivity contribution in [3.63, 3.8) is 0 Å². The second-order valence-corrected chi connectivity index (χ2v) is 9.21. The van der Waals surface area contributed by atoms with Crippen LogP contribution in [0.4, 0.5) is 5.00 Å². The molecule has 2 heterocycles. The van der Waals surface area contributed by atoms with Crippen LogP contribution in [-0.4, -0.2) is 46.1 Å². The van der Waals surface area contributed by atoms with Gasteiger partial charge < -0.3 is 21.3 Å². The number of nitrogens with one attached hydrogen (secondary N) is 1. The van der Waals surface area contributed by atoms with E-state index in [1.807, 2.05) is 12.1 Å². The van der Waals surface area contributed by atoms with E-state index in [9.17, 15) is 19.8 Å². The number of rotatable bonds is 5. The van der Waals surface area contributed by atoms with Crippen molar-refractivity contribution in [3.8, 4) is 5.75 Å². The van der Waals surface area contributed by atoms with Crippen LogP contribution in [0.3, 0.4) is 0 Å². The summed E-state index contributed by atoms with van der Waals surface area (Å²) in [7, 11) is 0. The molecule has 3 aromatic rings. The summed E-state index contributed by atoms with van der Waals surface area (Å²) in [6.45, 7) is 2.24. The van der Waals surface area contributed by atoms with Gasteiger partial charge in [0.1, 0.15) is 10.8 Å². The Balaban J connectivity index is 1.54. The van der Waals surface area contributed by atoms with E-state index in [4.69, 9.17) is 5.73 Å². The lowest BCUT2D eigenvalue weighted by Gasteiger charge is -2.15. The molecule has 0 radical (unpaired) electrons. The number of aliphatic hydroxyl groups excluding tert-OH is 1. The predicted molar refractivity (Wildman–Crippen MR) is 120 cm³/mol. The Morgan fingerprint density at radius 1 is 1.27 bits per heavy atom. The van der Waals surface area contributed by atoms with Crippen molar-refractivity contribution in [2.45, 2.75) is 19.1 Å². The quantitative estimate of drug-likeness (QED) is 0.438. The minimum atomic E-state index is -0.655. The van der Waals surface area contributed by atoms with Crippen molar-refractivity contribution < 1.29 is 19.8 Å². The number of anilines is 1. The molecule has 1 fully saturated rings. The molecule has 5 N–H and O–H groups in total. The summed E-state index contributed by atoms with van der Waals surface area (Å²) in [6, 6.07) is 10.4. The molecule has 0 saturated carbocycles. The number of phenols is 1. The molecule has 9 heteroatoms. The number of likely N-dealkylation sites (tertiary alicyclic amines) is 1. The van der Waals surface area contributed by atoms with Gasteiger partial charge in [0.15, 0.2) is 0 Å². The van der Waals surface area contributed by atoms with Gasteiger partial charge in [-0.05, 0) is 52.2 Å². The standard InChI is InChI=1S/C21H20BrN3O4S/c22-15-7-14-17(8-16(15)27)30-21(18(14)19(23)28)24-20(29)12-3-1-11(2-4-12)9-25-6-5-13(26)10-25/h1-4,7-8,13,26-27H,5-6,9-10H2,(H2,23,28)(H,24,29)/t13-/m0/s1. The van der Waals surface area contributed by atoms with E-state index in [2.05, 4.69) is 26.1 Å². The Morgan fingerprint density at radius 2 is 2.00 bits per heavy atom. The summed E-state index contributed by atoms with van der Waals surface area (Å²) in [5.74, 6) is -0.966. The van der Waals surface area contributed by atoms with E-state index < -0.39 is 5.91 Å². The van der Waals surface area contributed by atoms with E-state index in [0.717, 1.165) is 25.1 Å². The smallest absolute Gasteiger partial charge is 0.256 e. The largest absolute Gasteiger partial charge is 0.507 e. The number of primary amides is 1. The van der Waals surface area contributed by atoms with Gasteiger partial charge in [-0.15, -0.1) is 11.3 Å². The fraction of sp³-hybridized carbons (Fsp3) is 0.238. The van der Waals surface area contributed by atoms with Crippen molar-refractivity contribution in [2.24, 2.45) is 5.73 Å². The fourth-order valence-electron chi connectivity index (χ4n) is 3.59. The van der Waals surface area contributed by atoms with E-state index in [0.29, 0.717) is 31.7 Å². The van der Waals surface area contributed by atoms with Crippen LogP contribution in [0, 0.1) is 0 Å². The van der Waals surface area contributed by atoms with Crippen LogP contribution in [0.25, 0.3) is 10.1 Å². The van der Waals surface area contributed by atoms with E-state index in [-0.39, 0.29) is 23.3 Å². The highest BCUT2D eigenvalue weighted by atomic mass is 79.9. The second kappa shape index (κ2) is 8.35. The molecule has 1 aromatic heterocycles. The molecule has 0 spiro atoms. The number of aliphatic hydroxyl groups is 1. The summed E-state index contributed by atoms with van der Waals surface area (Å²) in [4.78, 5) is 26.9. The number of hydrogen-bond donors (Lipinski definition) is 4. The van der Waals surface area contributed by atoms with Gasteiger partial charge in [-0.25, -0.2) is 0 Å². The number of thiophene rings is 1. The Kier molecular flexibility index (Phi) is 5.79. The summed E-state index contributed by atoms with van der Waals surface area (Å²) in [5.41, 5.74) is 7.28. The lowest BCUT2D eigenvalue weighted by molar-refractivity contribution is 0.100. The van der Waals surface area contributed by atoms with E-state index >= 15 is 0 Å². The zero-order chi connectivity index (χ0) is 21.4. The normalized spacial score (nSPS) is 16.8. The van der Waals surface area contributed by atoms with Crippen molar-refractivity contribution >= 4 is 54.2 Å². The minimum absolute atomic E-state index is 0.0405. The number of amides is 2. The van der Waals surface area contributed by atoms with Crippen LogP contribution < -0.4 is 11.1 Å². The number of carbonyl (C=O) groups is 2. The lowest BCUT2D eigenvalue weighted by atomic mass is 10.1. The van der Waals surface area contributed by atoms with Crippen molar-refractivity contribution in [1.29, 1.82) is 0 Å². The molecule has 1 saturated heterocycles. The zero-order valence-corrected chi connectivity index (χ0v) is 18.3. The summed E-state index contributed by atoms with van der Waals surface area (Å²) in [5, 5.41) is 23.2. The summed E-state index contributed by atoms with van der Waals surface area (Å²) in [6.07, 6.45) is 0.519. The topological polar surface area (TPSA) is 116 Å². The molecule has 0 aliphatic carbocycles. The van der Waals surface area contributed by atoms with E-state index in [1.165, 1.54) is 17.4 Å². The average molecular weight is 490 g/mol. The number of hydrogen-bond acceptors (Lipinski definition) is 6. The summed E-state index contributed by atoms with van der Waals surface area (Å²) < 4.78 is 1.08. The van der Waals surface area contributed by atoms with Gasteiger partial charge in [-0.1, -0.05) is 12.1 Å². The second-order valence-electron chi connectivity index (χ2n) is 7.30. The first-order valence-corrected chi connectivity index (χ1v) is 11.0. The van der Waals surface area contributed by atoms with Gasteiger partial charge in [0.05, 0.1) is 16.1 Å². The van der Waals surface area contributed by atoms with Crippen LogP contribution in [0.15, 0.2) is 40.9 Å². The number of nitrogens with two attached hydrogens (primary N) is 1. The zero-order valence-electron chi connectivity index (χ0n) is 15.9. The molecule has 1 atom stereocenters. The Labute approximate surface area is 185 Å². The van der Waals surface area contributed by atoms with Gasteiger partial charge in [0.25, 0.3) is 11.8 Å². The maximum Gasteiger partial charge on any atom is 0.256 e. The predicted octanol–water partition coefficient (Wildman–Crippen LogP) is 3.29. The van der Waals surface area contributed by atoms with Gasteiger partial charge >= 0.3 is 0 Å². The minimum Gasteiger partial charge on any atom is -0.507 e. The number of aromatic hydroxyl groups is 1. The molecular weight excluding hydrogens is 470 g/mol. The number of benzene rings is 2. The third-order valence-corrected chi connectivity index (χ3v) is 6.80. The Bertz CT molecular complexity index is 1130. The van der Waals surface area contributed by atoms with Gasteiger partial charge in [0, 0.05) is 35.3 Å². The molecule has 156 valence electrons. The Hall–Kier alpha value is -2.46. The maximum atomic E-state index is 12.7. The first kappa shape index (κ1) is 20.8. The van der Waals surface area contributed by atoms with Crippen LogP contribution in [-0.2, 0) is 6.54 Å².